The molecule has 0 aliphatic carbocycles. The molecular formula is C12H18BN3O3. The van der Waals surface area contributed by atoms with Crippen molar-refractivity contribution in [3.8, 4) is 0 Å². The van der Waals surface area contributed by atoms with Crippen LogP contribution in [0.15, 0.2) is 18.3 Å². The van der Waals surface area contributed by atoms with Gasteiger partial charge in [-0.15, -0.1) is 0 Å². The van der Waals surface area contributed by atoms with E-state index in [0.717, 1.165) is 0 Å². The van der Waals surface area contributed by atoms with Gasteiger partial charge in [0.1, 0.15) is 0 Å². The third-order valence-corrected chi connectivity index (χ3v) is 3.54. The van der Waals surface area contributed by atoms with E-state index < -0.39 is 24.4 Å². The van der Waals surface area contributed by atoms with Crippen LogP contribution in [0.5, 0.6) is 0 Å². The van der Waals surface area contributed by atoms with Crippen LogP contribution in [0.4, 0.5) is 10.5 Å². The summed E-state index contributed by atoms with van der Waals surface area (Å²) < 4.78 is 11.8. The third kappa shape index (κ3) is 2.72. The number of nitrogens with one attached hydrogen (secondary N) is 1. The highest BCUT2D eigenvalue weighted by atomic mass is 16.7. The Morgan fingerprint density at radius 2 is 1.89 bits per heavy atom. The van der Waals surface area contributed by atoms with Gasteiger partial charge in [0, 0.05) is 11.9 Å². The third-order valence-electron chi connectivity index (χ3n) is 3.54. The van der Waals surface area contributed by atoms with Gasteiger partial charge in [-0.2, -0.15) is 0 Å². The van der Waals surface area contributed by atoms with Crippen molar-refractivity contribution >= 4 is 24.4 Å². The first-order valence-corrected chi connectivity index (χ1v) is 6.09. The second kappa shape index (κ2) is 4.50. The van der Waals surface area contributed by atoms with Crippen LogP contribution in [0.1, 0.15) is 27.7 Å². The van der Waals surface area contributed by atoms with Gasteiger partial charge in [-0.05, 0) is 39.8 Å². The van der Waals surface area contributed by atoms with E-state index in [0.29, 0.717) is 11.3 Å². The molecule has 3 N–H and O–H groups in total. The summed E-state index contributed by atoms with van der Waals surface area (Å²) in [4.78, 5) is 15.1. The van der Waals surface area contributed by atoms with Crippen LogP contribution >= 0.6 is 0 Å². The van der Waals surface area contributed by atoms with Crippen LogP contribution in [-0.4, -0.2) is 29.3 Å². The van der Waals surface area contributed by atoms with Crippen molar-refractivity contribution < 1.29 is 14.1 Å². The summed E-state index contributed by atoms with van der Waals surface area (Å²) in [6.07, 6.45) is 1.58. The first kappa shape index (κ1) is 13.8. The van der Waals surface area contributed by atoms with Gasteiger partial charge in [0.2, 0.25) is 0 Å². The molecule has 19 heavy (non-hydrogen) atoms. The van der Waals surface area contributed by atoms with Crippen LogP contribution in [0.3, 0.4) is 0 Å². The van der Waals surface area contributed by atoms with Gasteiger partial charge in [0.15, 0.2) is 0 Å². The van der Waals surface area contributed by atoms with Crippen molar-refractivity contribution in [2.45, 2.75) is 38.9 Å². The molecule has 2 rings (SSSR count). The zero-order valence-corrected chi connectivity index (χ0v) is 11.6. The average molecular weight is 263 g/mol. The molecule has 2 amide bonds. The van der Waals surface area contributed by atoms with Crippen LogP contribution < -0.4 is 16.6 Å². The molecule has 0 bridgehead atoms. The number of carbonyl (C=O) groups excluding carboxylic acids is 1. The SMILES string of the molecule is CC1(C)OB(c2cc(NC(N)=O)ccn2)OC1(C)C. The Morgan fingerprint density at radius 3 is 2.42 bits per heavy atom. The molecule has 1 aliphatic heterocycles. The highest BCUT2D eigenvalue weighted by molar-refractivity contribution is 6.61. The highest BCUT2D eigenvalue weighted by Crippen LogP contribution is 2.36. The first-order chi connectivity index (χ1) is 8.71. The van der Waals surface area contributed by atoms with Crippen molar-refractivity contribution in [2.75, 3.05) is 5.32 Å². The number of anilines is 1. The lowest BCUT2D eigenvalue weighted by molar-refractivity contribution is 0.00578. The number of hydrogen-bond acceptors (Lipinski definition) is 4. The number of rotatable bonds is 2. The Kier molecular flexibility index (Phi) is 3.28. The minimum atomic E-state index is -0.619. The molecule has 0 atom stereocenters. The number of urea groups is 1. The fourth-order valence-corrected chi connectivity index (χ4v) is 1.76. The van der Waals surface area contributed by atoms with Crippen molar-refractivity contribution in [3.05, 3.63) is 18.3 Å². The van der Waals surface area contributed by atoms with Gasteiger partial charge in [0.05, 0.1) is 16.8 Å². The Balaban J connectivity index is 2.22. The molecule has 0 saturated carbocycles. The summed E-state index contributed by atoms with van der Waals surface area (Å²) in [6.45, 7) is 7.88. The summed E-state index contributed by atoms with van der Waals surface area (Å²) in [5.41, 5.74) is 5.40. The molecule has 1 aliphatic rings. The zero-order chi connectivity index (χ0) is 14.3. The standard InChI is InChI=1S/C12H18BN3O3/c1-11(2)12(3,4)19-13(18-11)9-7-8(5-6-15-9)16-10(14)17/h5-7H,1-4H3,(H3,14,15,16,17). The molecule has 0 radical (unpaired) electrons. The van der Waals surface area contributed by atoms with Gasteiger partial charge in [0.25, 0.3) is 0 Å². The number of pyridine rings is 1. The molecule has 102 valence electrons. The zero-order valence-electron chi connectivity index (χ0n) is 11.6. The molecule has 7 heteroatoms. The maximum Gasteiger partial charge on any atom is 0.514 e. The van der Waals surface area contributed by atoms with E-state index in [1.165, 1.54) is 0 Å². The van der Waals surface area contributed by atoms with Crippen molar-refractivity contribution in [1.29, 1.82) is 0 Å². The van der Waals surface area contributed by atoms with Crippen molar-refractivity contribution in [1.82, 2.24) is 4.98 Å². The van der Waals surface area contributed by atoms with Crippen LogP contribution in [-0.2, 0) is 9.31 Å². The molecule has 6 nitrogen and oxygen atoms in total. The minimum Gasteiger partial charge on any atom is -0.398 e. The van der Waals surface area contributed by atoms with Crippen molar-refractivity contribution in [2.24, 2.45) is 5.73 Å². The lowest BCUT2D eigenvalue weighted by atomic mass is 9.84. The summed E-state index contributed by atoms with van der Waals surface area (Å²) >= 11 is 0. The summed E-state index contributed by atoms with van der Waals surface area (Å²) in [6, 6.07) is 2.72. The molecule has 1 aromatic rings. The summed E-state index contributed by atoms with van der Waals surface area (Å²) in [5, 5.41) is 2.50. The molecule has 0 spiro atoms. The molecule has 2 heterocycles. The van der Waals surface area contributed by atoms with Crippen LogP contribution in [0.2, 0.25) is 0 Å². The van der Waals surface area contributed by atoms with E-state index in [-0.39, 0.29) is 0 Å². The smallest absolute Gasteiger partial charge is 0.398 e. The second-order valence-corrected chi connectivity index (χ2v) is 5.55. The fraction of sp³-hybridized carbons (Fsp3) is 0.500. The average Bonchev–Trinajstić information content (AvgIpc) is 2.47. The number of amides is 2. The minimum absolute atomic E-state index is 0.424. The number of nitrogens with zero attached hydrogens (tertiary/aromatic N) is 1. The number of primary amides is 1. The lowest BCUT2D eigenvalue weighted by Crippen LogP contribution is -2.41. The van der Waals surface area contributed by atoms with E-state index in [1.54, 1.807) is 18.3 Å². The van der Waals surface area contributed by atoms with Gasteiger partial charge < -0.3 is 20.4 Å². The molecular weight excluding hydrogens is 245 g/mol. The van der Waals surface area contributed by atoms with E-state index in [4.69, 9.17) is 15.0 Å². The highest BCUT2D eigenvalue weighted by Gasteiger charge is 2.52. The van der Waals surface area contributed by atoms with E-state index >= 15 is 0 Å². The number of carbonyl (C=O) groups is 1. The lowest BCUT2D eigenvalue weighted by Gasteiger charge is -2.32. The predicted octanol–water partition coefficient (Wildman–Crippen LogP) is 0.871. The Labute approximate surface area is 112 Å². The maximum absolute atomic E-state index is 10.8. The number of nitrogens with two attached hydrogens (primary N) is 1. The second-order valence-electron chi connectivity index (χ2n) is 5.55. The Bertz CT molecular complexity index is 489. The topological polar surface area (TPSA) is 86.5 Å². The van der Waals surface area contributed by atoms with Crippen LogP contribution in [0, 0.1) is 0 Å². The summed E-state index contributed by atoms with van der Waals surface area (Å²) in [7, 11) is -0.556. The van der Waals surface area contributed by atoms with Gasteiger partial charge in [-0.25, -0.2) is 4.79 Å². The van der Waals surface area contributed by atoms with Crippen LogP contribution in [0.25, 0.3) is 0 Å². The Hall–Kier alpha value is -1.60. The Morgan fingerprint density at radius 1 is 1.32 bits per heavy atom. The molecule has 1 aromatic heterocycles. The number of hydrogen-bond donors (Lipinski definition) is 2. The molecule has 1 fully saturated rings. The maximum atomic E-state index is 10.8. The first-order valence-electron chi connectivity index (χ1n) is 6.09. The van der Waals surface area contributed by atoms with Crippen molar-refractivity contribution in [3.63, 3.8) is 0 Å². The molecule has 1 saturated heterocycles. The van der Waals surface area contributed by atoms with E-state index in [2.05, 4.69) is 10.3 Å². The number of aromatic nitrogens is 1. The fourth-order valence-electron chi connectivity index (χ4n) is 1.76. The largest absolute Gasteiger partial charge is 0.514 e. The van der Waals surface area contributed by atoms with Gasteiger partial charge in [-0.1, -0.05) is 0 Å². The monoisotopic (exact) mass is 263 g/mol. The normalized spacial score (nSPS) is 20.3. The summed E-state index contributed by atoms with van der Waals surface area (Å²) in [5.74, 6) is 0. The molecule has 0 unspecified atom stereocenters. The predicted molar refractivity (Wildman–Crippen MR) is 73.2 cm³/mol. The van der Waals surface area contributed by atoms with Gasteiger partial charge >= 0.3 is 13.1 Å². The van der Waals surface area contributed by atoms with E-state index in [9.17, 15) is 4.79 Å². The van der Waals surface area contributed by atoms with E-state index in [1.807, 2.05) is 27.7 Å². The van der Waals surface area contributed by atoms with Gasteiger partial charge in [-0.3, -0.25) is 4.98 Å². The quantitative estimate of drug-likeness (QED) is 0.775. The molecule has 0 aromatic carbocycles.